The van der Waals surface area contributed by atoms with E-state index in [2.05, 4.69) is 9.97 Å². The molecule has 1 N–H and O–H groups in total. The van der Waals surface area contributed by atoms with Crippen LogP contribution in [0.3, 0.4) is 0 Å². The minimum Gasteiger partial charge on any atom is -0.477 e. The van der Waals surface area contributed by atoms with Crippen LogP contribution in [0.5, 0.6) is 0 Å². The lowest BCUT2D eigenvalue weighted by molar-refractivity contribution is -0.164. The van der Waals surface area contributed by atoms with Gasteiger partial charge in [-0.15, -0.1) is 0 Å². The molecule has 0 bridgehead atoms. The van der Waals surface area contributed by atoms with E-state index in [0.717, 1.165) is 0 Å². The smallest absolute Gasteiger partial charge is 0.374 e. The van der Waals surface area contributed by atoms with Crippen molar-refractivity contribution in [2.75, 3.05) is 0 Å². The van der Waals surface area contributed by atoms with E-state index in [4.69, 9.17) is 5.11 Å². The molecule has 0 aliphatic carbocycles. The summed E-state index contributed by atoms with van der Waals surface area (Å²) in [6.45, 7) is 1.52. The highest BCUT2D eigenvalue weighted by atomic mass is 19.3. The van der Waals surface area contributed by atoms with E-state index < -0.39 is 18.3 Å². The van der Waals surface area contributed by atoms with Crippen LogP contribution in [0.15, 0.2) is 12.5 Å². The monoisotopic (exact) mass is 202 g/mol. The number of nitrogens with zero attached hydrogens (tertiary/aromatic N) is 2. The van der Waals surface area contributed by atoms with E-state index in [1.54, 1.807) is 0 Å². The molecule has 0 fully saturated rings. The number of aromatic nitrogens is 2. The minimum absolute atomic E-state index is 0.139. The van der Waals surface area contributed by atoms with Crippen LogP contribution in [0.25, 0.3) is 0 Å². The average Bonchev–Trinajstić information content (AvgIpc) is 2.08. The molecule has 0 atom stereocenters. The van der Waals surface area contributed by atoms with E-state index >= 15 is 0 Å². The Balaban J connectivity index is 2.89. The molecule has 0 spiro atoms. The number of hydrogen-bond acceptors (Lipinski definition) is 3. The van der Waals surface area contributed by atoms with Crippen LogP contribution in [0.2, 0.25) is 0 Å². The van der Waals surface area contributed by atoms with Crippen molar-refractivity contribution >= 4 is 5.97 Å². The Hall–Kier alpha value is -1.59. The Kier molecular flexibility index (Phi) is 2.73. The maximum absolute atomic E-state index is 12.8. The van der Waals surface area contributed by atoms with Gasteiger partial charge in [-0.05, 0) is 12.5 Å². The van der Waals surface area contributed by atoms with Crippen LogP contribution in [0.1, 0.15) is 11.3 Å². The predicted molar refractivity (Wildman–Crippen MR) is 43.1 cm³/mol. The highest BCUT2D eigenvalue weighted by Crippen LogP contribution is 2.20. The van der Waals surface area contributed by atoms with Crippen molar-refractivity contribution in [2.24, 2.45) is 0 Å². The first kappa shape index (κ1) is 10.5. The minimum atomic E-state index is -3.77. The number of carbonyl (C=O) groups is 1. The average molecular weight is 202 g/mol. The third kappa shape index (κ3) is 2.21. The number of carboxylic acids is 1. The molecule has 0 aromatic carbocycles. The second-order valence-electron chi connectivity index (χ2n) is 2.82. The Bertz CT molecular complexity index is 355. The molecule has 1 aromatic heterocycles. The lowest BCUT2D eigenvalue weighted by atomic mass is 10.1. The summed E-state index contributed by atoms with van der Waals surface area (Å²) in [7, 11) is 0. The summed E-state index contributed by atoms with van der Waals surface area (Å²) < 4.78 is 25.5. The Labute approximate surface area is 78.6 Å². The first-order chi connectivity index (χ1) is 6.43. The second kappa shape index (κ2) is 3.65. The van der Waals surface area contributed by atoms with Crippen molar-refractivity contribution < 1.29 is 18.7 Å². The lowest BCUT2D eigenvalue weighted by Gasteiger charge is -2.11. The molecule has 0 unspecified atom stereocenters. The van der Waals surface area contributed by atoms with Gasteiger partial charge in [0, 0.05) is 11.9 Å². The molecule has 4 nitrogen and oxygen atoms in total. The summed E-state index contributed by atoms with van der Waals surface area (Å²) in [6, 6.07) is 0. The van der Waals surface area contributed by atoms with Crippen molar-refractivity contribution in [3.63, 3.8) is 0 Å². The molecule has 1 rings (SSSR count). The maximum Gasteiger partial charge on any atom is 0.374 e. The van der Waals surface area contributed by atoms with E-state index in [1.807, 2.05) is 0 Å². The summed E-state index contributed by atoms with van der Waals surface area (Å²) >= 11 is 0. The van der Waals surface area contributed by atoms with Crippen LogP contribution in [0, 0.1) is 6.92 Å². The quantitative estimate of drug-likeness (QED) is 0.795. The van der Waals surface area contributed by atoms with Gasteiger partial charge in [-0.1, -0.05) is 0 Å². The molecular formula is C8H8F2N2O2. The maximum atomic E-state index is 12.8. The molecule has 6 heteroatoms. The zero-order valence-electron chi connectivity index (χ0n) is 7.37. The van der Waals surface area contributed by atoms with Crippen molar-refractivity contribution in [2.45, 2.75) is 19.3 Å². The third-order valence-corrected chi connectivity index (χ3v) is 1.74. The number of carboxylic acid groups (broad SMARTS) is 1. The summed E-state index contributed by atoms with van der Waals surface area (Å²) in [5.74, 6) is -5.91. The molecule has 1 heterocycles. The number of rotatable bonds is 3. The fourth-order valence-corrected chi connectivity index (χ4v) is 0.908. The zero-order valence-corrected chi connectivity index (χ0v) is 7.37. The van der Waals surface area contributed by atoms with Crippen molar-refractivity contribution in [3.05, 3.63) is 23.8 Å². The van der Waals surface area contributed by atoms with Crippen molar-refractivity contribution in [3.8, 4) is 0 Å². The fourth-order valence-electron chi connectivity index (χ4n) is 0.908. The zero-order chi connectivity index (χ0) is 10.8. The van der Waals surface area contributed by atoms with E-state index in [9.17, 15) is 13.6 Å². The molecule has 1 aromatic rings. The Morgan fingerprint density at radius 1 is 1.64 bits per heavy atom. The molecule has 0 aliphatic rings. The van der Waals surface area contributed by atoms with Gasteiger partial charge in [-0.3, -0.25) is 0 Å². The van der Waals surface area contributed by atoms with Gasteiger partial charge in [0.15, 0.2) is 0 Å². The Morgan fingerprint density at radius 3 is 2.79 bits per heavy atom. The van der Waals surface area contributed by atoms with Crippen molar-refractivity contribution in [1.29, 1.82) is 0 Å². The van der Waals surface area contributed by atoms with Gasteiger partial charge in [0.25, 0.3) is 0 Å². The van der Waals surface area contributed by atoms with Crippen LogP contribution >= 0.6 is 0 Å². The van der Waals surface area contributed by atoms with Crippen LogP contribution in [0.4, 0.5) is 8.78 Å². The van der Waals surface area contributed by atoms with Crippen LogP contribution < -0.4 is 0 Å². The van der Waals surface area contributed by atoms with Gasteiger partial charge in [0.2, 0.25) is 0 Å². The van der Waals surface area contributed by atoms with Gasteiger partial charge in [-0.25, -0.2) is 14.8 Å². The SMILES string of the molecule is Cc1ncncc1CC(F)(F)C(=O)O. The van der Waals surface area contributed by atoms with Gasteiger partial charge < -0.3 is 5.11 Å². The van der Waals surface area contributed by atoms with Crippen molar-refractivity contribution in [1.82, 2.24) is 9.97 Å². The van der Waals surface area contributed by atoms with Gasteiger partial charge >= 0.3 is 11.9 Å². The van der Waals surface area contributed by atoms with E-state index in [-0.39, 0.29) is 5.56 Å². The number of alkyl halides is 2. The normalized spacial score (nSPS) is 11.4. The first-order valence-electron chi connectivity index (χ1n) is 3.80. The van der Waals surface area contributed by atoms with Gasteiger partial charge in [-0.2, -0.15) is 8.78 Å². The van der Waals surface area contributed by atoms with E-state index in [0.29, 0.717) is 5.69 Å². The third-order valence-electron chi connectivity index (χ3n) is 1.74. The number of aliphatic carboxylic acids is 1. The van der Waals surface area contributed by atoms with Gasteiger partial charge in [0.05, 0.1) is 6.42 Å². The predicted octanol–water partition coefficient (Wildman–Crippen LogP) is 1.05. The molecule has 0 saturated carbocycles. The summed E-state index contributed by atoms with van der Waals surface area (Å²) in [4.78, 5) is 17.4. The molecule has 14 heavy (non-hydrogen) atoms. The fraction of sp³-hybridized carbons (Fsp3) is 0.375. The first-order valence-corrected chi connectivity index (χ1v) is 3.80. The van der Waals surface area contributed by atoms with Crippen LogP contribution in [-0.2, 0) is 11.2 Å². The molecule has 76 valence electrons. The lowest BCUT2D eigenvalue weighted by Crippen LogP contribution is -2.31. The second-order valence-corrected chi connectivity index (χ2v) is 2.82. The molecular weight excluding hydrogens is 194 g/mol. The standard InChI is InChI=1S/C8H8F2N2O2/c1-5-6(3-11-4-12-5)2-8(9,10)7(13)14/h3-4H,2H2,1H3,(H,13,14). The van der Waals surface area contributed by atoms with E-state index in [1.165, 1.54) is 19.4 Å². The largest absolute Gasteiger partial charge is 0.477 e. The molecule has 0 radical (unpaired) electrons. The summed E-state index contributed by atoms with van der Waals surface area (Å²) in [5, 5.41) is 8.20. The summed E-state index contributed by atoms with van der Waals surface area (Å²) in [5.41, 5.74) is 0.501. The number of halogens is 2. The molecule has 0 saturated heterocycles. The molecule has 0 aliphatic heterocycles. The highest BCUT2D eigenvalue weighted by Gasteiger charge is 2.39. The van der Waals surface area contributed by atoms with Crippen LogP contribution in [-0.4, -0.2) is 27.0 Å². The number of aryl methyl sites for hydroxylation is 1. The highest BCUT2D eigenvalue weighted by molar-refractivity contribution is 5.75. The topological polar surface area (TPSA) is 63.1 Å². The Morgan fingerprint density at radius 2 is 2.29 bits per heavy atom. The van der Waals surface area contributed by atoms with Gasteiger partial charge in [0.1, 0.15) is 6.33 Å². The molecule has 0 amide bonds. The number of hydrogen-bond donors (Lipinski definition) is 1. The summed E-state index contributed by atoms with van der Waals surface area (Å²) in [6.07, 6.45) is 1.53.